The van der Waals surface area contributed by atoms with Crippen molar-refractivity contribution in [2.75, 3.05) is 13.7 Å². The van der Waals surface area contributed by atoms with Crippen molar-refractivity contribution in [3.05, 3.63) is 36.4 Å². The van der Waals surface area contributed by atoms with E-state index >= 15 is 0 Å². The largest absolute Gasteiger partial charge is 0.497 e. The number of ether oxygens (including phenoxy) is 2. The second-order valence-electron chi connectivity index (χ2n) is 5.77. The van der Waals surface area contributed by atoms with E-state index in [1.165, 1.54) is 0 Å². The van der Waals surface area contributed by atoms with Gasteiger partial charge in [-0.3, -0.25) is 4.79 Å². The third kappa shape index (κ3) is 4.13. The molecule has 0 radical (unpaired) electrons. The van der Waals surface area contributed by atoms with Gasteiger partial charge >= 0.3 is 0 Å². The molecule has 0 heterocycles. The van der Waals surface area contributed by atoms with Gasteiger partial charge in [0.15, 0.2) is 6.10 Å². The first-order valence-corrected chi connectivity index (χ1v) is 7.51. The van der Waals surface area contributed by atoms with Gasteiger partial charge in [0, 0.05) is 6.54 Å². The molecule has 4 heteroatoms. The zero-order chi connectivity index (χ0) is 16.1. The second-order valence-corrected chi connectivity index (χ2v) is 5.77. The number of benzene rings is 2. The summed E-state index contributed by atoms with van der Waals surface area (Å²) in [7, 11) is 1.64. The van der Waals surface area contributed by atoms with Crippen molar-refractivity contribution in [3.63, 3.8) is 0 Å². The van der Waals surface area contributed by atoms with Gasteiger partial charge in [0.05, 0.1) is 7.11 Å². The summed E-state index contributed by atoms with van der Waals surface area (Å²) in [5.74, 6) is 1.80. The first kappa shape index (κ1) is 16.1. The predicted molar refractivity (Wildman–Crippen MR) is 88.4 cm³/mol. The molecular weight excluding hydrogens is 278 g/mol. The number of carbonyl (C=O) groups excluding carboxylic acids is 1. The number of hydrogen-bond acceptors (Lipinski definition) is 3. The number of nitrogens with one attached hydrogen (secondary N) is 1. The van der Waals surface area contributed by atoms with Crippen molar-refractivity contribution >= 4 is 16.7 Å². The number of hydrogen-bond donors (Lipinski definition) is 1. The third-order valence-electron chi connectivity index (χ3n) is 3.39. The van der Waals surface area contributed by atoms with Crippen LogP contribution >= 0.6 is 0 Å². The molecule has 4 nitrogen and oxygen atoms in total. The molecule has 118 valence electrons. The van der Waals surface area contributed by atoms with Crippen LogP contribution in [-0.4, -0.2) is 25.7 Å². The predicted octanol–water partition coefficient (Wildman–Crippen LogP) is 3.39. The van der Waals surface area contributed by atoms with E-state index in [-0.39, 0.29) is 5.91 Å². The SMILES string of the molecule is COc1ccc2ccc(O[C@H](C)C(=O)NCC(C)C)cc2c1. The molecule has 1 amide bonds. The van der Waals surface area contributed by atoms with Crippen LogP contribution in [0.4, 0.5) is 0 Å². The summed E-state index contributed by atoms with van der Waals surface area (Å²) in [6.07, 6.45) is -0.526. The van der Waals surface area contributed by atoms with E-state index in [4.69, 9.17) is 9.47 Å². The quantitative estimate of drug-likeness (QED) is 0.889. The fourth-order valence-electron chi connectivity index (χ4n) is 2.11. The Morgan fingerprint density at radius 3 is 2.32 bits per heavy atom. The van der Waals surface area contributed by atoms with Gasteiger partial charge in [-0.2, -0.15) is 0 Å². The molecule has 2 aromatic rings. The Balaban J connectivity index is 2.08. The molecule has 0 spiro atoms. The standard InChI is InChI=1S/C18H23NO3/c1-12(2)11-19-18(20)13(3)22-17-8-6-14-5-7-16(21-4)9-15(14)10-17/h5-10,12-13H,11H2,1-4H3,(H,19,20)/t13-/m1/s1. The minimum Gasteiger partial charge on any atom is -0.497 e. The summed E-state index contributed by atoms with van der Waals surface area (Å²) < 4.78 is 11.0. The molecule has 0 aliphatic carbocycles. The molecule has 0 unspecified atom stereocenters. The zero-order valence-electron chi connectivity index (χ0n) is 13.6. The van der Waals surface area contributed by atoms with Gasteiger partial charge in [0.1, 0.15) is 11.5 Å². The van der Waals surface area contributed by atoms with Crippen LogP contribution in [0.5, 0.6) is 11.5 Å². The zero-order valence-corrected chi connectivity index (χ0v) is 13.6. The van der Waals surface area contributed by atoms with Gasteiger partial charge in [0.25, 0.3) is 5.91 Å². The van der Waals surface area contributed by atoms with E-state index in [2.05, 4.69) is 19.2 Å². The Morgan fingerprint density at radius 2 is 1.68 bits per heavy atom. The molecule has 2 rings (SSSR count). The maximum Gasteiger partial charge on any atom is 0.260 e. The molecule has 0 saturated carbocycles. The maximum atomic E-state index is 12.0. The first-order valence-electron chi connectivity index (χ1n) is 7.51. The summed E-state index contributed by atoms with van der Waals surface area (Å²) in [6, 6.07) is 11.6. The lowest BCUT2D eigenvalue weighted by molar-refractivity contribution is -0.127. The highest BCUT2D eigenvalue weighted by atomic mass is 16.5. The summed E-state index contributed by atoms with van der Waals surface area (Å²) in [6.45, 7) is 6.53. The Bertz CT molecular complexity index is 652. The molecular formula is C18H23NO3. The topological polar surface area (TPSA) is 47.6 Å². The summed E-state index contributed by atoms with van der Waals surface area (Å²) in [5.41, 5.74) is 0. The minimum atomic E-state index is -0.526. The number of methoxy groups -OCH3 is 1. The van der Waals surface area contributed by atoms with Crippen molar-refractivity contribution in [1.82, 2.24) is 5.32 Å². The summed E-state index contributed by atoms with van der Waals surface area (Å²) >= 11 is 0. The fraction of sp³-hybridized carbons (Fsp3) is 0.389. The molecule has 2 aromatic carbocycles. The lowest BCUT2D eigenvalue weighted by Crippen LogP contribution is -2.38. The van der Waals surface area contributed by atoms with E-state index in [1.54, 1.807) is 14.0 Å². The molecule has 0 fully saturated rings. The molecule has 0 bridgehead atoms. The van der Waals surface area contributed by atoms with Crippen LogP contribution in [0.1, 0.15) is 20.8 Å². The molecule has 0 saturated heterocycles. The Hall–Kier alpha value is -2.23. The average molecular weight is 301 g/mol. The van der Waals surface area contributed by atoms with Crippen molar-refractivity contribution in [2.45, 2.75) is 26.9 Å². The van der Waals surface area contributed by atoms with Gasteiger partial charge in [0.2, 0.25) is 0 Å². The fourth-order valence-corrected chi connectivity index (χ4v) is 2.11. The van der Waals surface area contributed by atoms with Crippen LogP contribution in [0.3, 0.4) is 0 Å². The van der Waals surface area contributed by atoms with Gasteiger partial charge in [-0.05, 0) is 47.9 Å². The Kier molecular flexibility index (Phi) is 5.26. The van der Waals surface area contributed by atoms with Gasteiger partial charge in [-0.1, -0.05) is 26.0 Å². The third-order valence-corrected chi connectivity index (χ3v) is 3.39. The van der Waals surface area contributed by atoms with Crippen LogP contribution in [0.25, 0.3) is 10.8 Å². The number of rotatable bonds is 6. The minimum absolute atomic E-state index is 0.0977. The maximum absolute atomic E-state index is 12.0. The van der Waals surface area contributed by atoms with Crippen LogP contribution in [0.15, 0.2) is 36.4 Å². The highest BCUT2D eigenvalue weighted by molar-refractivity contribution is 5.85. The van der Waals surface area contributed by atoms with Crippen molar-refractivity contribution < 1.29 is 14.3 Å². The van der Waals surface area contributed by atoms with Crippen LogP contribution in [0.2, 0.25) is 0 Å². The van der Waals surface area contributed by atoms with E-state index < -0.39 is 6.10 Å². The molecule has 0 aliphatic rings. The monoisotopic (exact) mass is 301 g/mol. The highest BCUT2D eigenvalue weighted by Gasteiger charge is 2.14. The van der Waals surface area contributed by atoms with Gasteiger partial charge in [-0.25, -0.2) is 0 Å². The Morgan fingerprint density at radius 1 is 1.05 bits per heavy atom. The van der Waals surface area contributed by atoms with Crippen molar-refractivity contribution in [3.8, 4) is 11.5 Å². The smallest absolute Gasteiger partial charge is 0.260 e. The van der Waals surface area contributed by atoms with Crippen LogP contribution in [0, 0.1) is 5.92 Å². The normalized spacial score (nSPS) is 12.2. The first-order chi connectivity index (χ1) is 10.5. The average Bonchev–Trinajstić information content (AvgIpc) is 2.51. The van der Waals surface area contributed by atoms with Gasteiger partial charge in [-0.15, -0.1) is 0 Å². The van der Waals surface area contributed by atoms with Crippen LogP contribution < -0.4 is 14.8 Å². The second kappa shape index (κ2) is 7.16. The van der Waals surface area contributed by atoms with Crippen LogP contribution in [-0.2, 0) is 4.79 Å². The van der Waals surface area contributed by atoms with E-state index in [0.29, 0.717) is 18.2 Å². The molecule has 1 atom stereocenters. The van der Waals surface area contributed by atoms with E-state index in [0.717, 1.165) is 16.5 Å². The van der Waals surface area contributed by atoms with Crippen molar-refractivity contribution in [1.29, 1.82) is 0 Å². The molecule has 1 N–H and O–H groups in total. The Labute approximate surface area is 131 Å². The van der Waals surface area contributed by atoms with E-state index in [1.807, 2.05) is 36.4 Å². The lowest BCUT2D eigenvalue weighted by atomic mass is 10.1. The molecule has 0 aliphatic heterocycles. The molecule has 22 heavy (non-hydrogen) atoms. The summed E-state index contributed by atoms with van der Waals surface area (Å²) in [5, 5.41) is 5.00. The highest BCUT2D eigenvalue weighted by Crippen LogP contribution is 2.25. The lowest BCUT2D eigenvalue weighted by Gasteiger charge is -2.16. The number of carbonyl (C=O) groups is 1. The van der Waals surface area contributed by atoms with Crippen molar-refractivity contribution in [2.24, 2.45) is 5.92 Å². The van der Waals surface area contributed by atoms with Gasteiger partial charge < -0.3 is 14.8 Å². The van der Waals surface area contributed by atoms with E-state index in [9.17, 15) is 4.79 Å². The number of fused-ring (bicyclic) bond motifs is 1. The summed E-state index contributed by atoms with van der Waals surface area (Å²) in [4.78, 5) is 12.0. The molecule has 0 aromatic heterocycles. The number of amides is 1.